The Bertz CT molecular complexity index is 1240. The molecule has 0 amide bonds. The van der Waals surface area contributed by atoms with Crippen LogP contribution in [0.25, 0.3) is 32.7 Å². The van der Waals surface area contributed by atoms with Crippen LogP contribution < -0.4 is 14.9 Å². The smallest absolute Gasteiger partial charge is 0.467 e. The van der Waals surface area contributed by atoms with Gasteiger partial charge in [-0.1, -0.05) is 60.7 Å². The lowest BCUT2D eigenvalue weighted by molar-refractivity contribution is 0.0504. The summed E-state index contributed by atoms with van der Waals surface area (Å²) in [4.78, 5) is 0. The lowest BCUT2D eigenvalue weighted by atomic mass is 9.75. The molecule has 4 aromatic rings. The number of rotatable bonds is 10. The van der Waals surface area contributed by atoms with Crippen LogP contribution in [0.3, 0.4) is 0 Å². The highest BCUT2D eigenvalue weighted by Crippen LogP contribution is 2.45. The Morgan fingerprint density at radius 3 is 1.91 bits per heavy atom. The van der Waals surface area contributed by atoms with Crippen molar-refractivity contribution in [2.45, 2.75) is 0 Å². The molecule has 4 rings (SSSR count). The van der Waals surface area contributed by atoms with Crippen LogP contribution in [0.1, 0.15) is 0 Å². The predicted molar refractivity (Wildman–Crippen MR) is 131 cm³/mol. The fourth-order valence-electron chi connectivity index (χ4n) is 4.15. The maximum Gasteiger partial charge on any atom is 0.497 e. The molecular weight excluding hydrogens is 419 g/mol. The minimum Gasteiger partial charge on any atom is -0.467 e. The zero-order chi connectivity index (χ0) is 23.2. The summed E-state index contributed by atoms with van der Waals surface area (Å²) in [6, 6.07) is 22.4. The summed E-state index contributed by atoms with van der Waals surface area (Å²) >= 11 is 0. The van der Waals surface area contributed by atoms with Crippen LogP contribution in [-0.4, -0.2) is 49.1 Å². The molecule has 0 bridgehead atoms. The second kappa shape index (κ2) is 10.7. The number of hydrogen-bond donors (Lipinski definition) is 0. The van der Waals surface area contributed by atoms with Crippen LogP contribution in [0.15, 0.2) is 66.7 Å². The molecule has 0 radical (unpaired) electrons. The van der Waals surface area contributed by atoms with E-state index in [4.69, 9.17) is 28.3 Å². The topological polar surface area (TPSA) is 55.4 Å². The van der Waals surface area contributed by atoms with Crippen LogP contribution in [-0.2, 0) is 18.8 Å². The zero-order valence-corrected chi connectivity index (χ0v) is 19.3. The fraction of sp³-hybridized carbons (Fsp3) is 0.231. The third kappa shape index (κ3) is 4.54. The number of hydrogen-bond acceptors (Lipinski definition) is 6. The molecule has 6 nitrogen and oxygen atoms in total. The molecule has 0 aliphatic carbocycles. The minimum atomic E-state index is -0.626. The largest absolute Gasteiger partial charge is 0.497 e. The Morgan fingerprint density at radius 1 is 0.636 bits per heavy atom. The summed E-state index contributed by atoms with van der Waals surface area (Å²) < 4.78 is 34.0. The number of fused-ring (bicyclic) bond motifs is 2. The number of methoxy groups -OCH3 is 2. The first-order valence-electron chi connectivity index (χ1n) is 10.6. The fourth-order valence-corrected chi connectivity index (χ4v) is 4.15. The van der Waals surface area contributed by atoms with Gasteiger partial charge < -0.3 is 28.3 Å². The monoisotopic (exact) mass is 446 g/mol. The molecular formula is C26H27BO6. The van der Waals surface area contributed by atoms with Gasteiger partial charge >= 0.3 is 7.12 Å². The highest BCUT2D eigenvalue weighted by molar-refractivity contribution is 6.63. The van der Waals surface area contributed by atoms with Crippen LogP contribution in [0.4, 0.5) is 0 Å². The molecule has 0 N–H and O–H groups in total. The van der Waals surface area contributed by atoms with E-state index in [9.17, 15) is 0 Å². The molecule has 0 heterocycles. The molecule has 33 heavy (non-hydrogen) atoms. The Labute approximate surface area is 194 Å². The van der Waals surface area contributed by atoms with E-state index in [0.29, 0.717) is 11.5 Å². The molecule has 4 aromatic carbocycles. The maximum atomic E-state index is 6.20. The summed E-state index contributed by atoms with van der Waals surface area (Å²) in [7, 11) is 5.78. The van der Waals surface area contributed by atoms with E-state index in [1.807, 2.05) is 42.5 Å². The van der Waals surface area contributed by atoms with E-state index in [1.54, 1.807) is 28.4 Å². The zero-order valence-electron chi connectivity index (χ0n) is 19.3. The third-order valence-corrected chi connectivity index (χ3v) is 5.51. The Hall–Kier alpha value is -3.10. The predicted octanol–water partition coefficient (Wildman–Crippen LogP) is 4.61. The van der Waals surface area contributed by atoms with E-state index in [1.165, 1.54) is 0 Å². The minimum absolute atomic E-state index is 0.0670. The van der Waals surface area contributed by atoms with Gasteiger partial charge in [-0.05, 0) is 27.6 Å². The van der Waals surface area contributed by atoms with E-state index >= 15 is 0 Å². The van der Waals surface area contributed by atoms with Crippen molar-refractivity contribution in [3.63, 3.8) is 0 Å². The molecule has 0 aromatic heterocycles. The van der Waals surface area contributed by atoms with Gasteiger partial charge in [0.05, 0.1) is 0 Å². The maximum absolute atomic E-state index is 6.20. The van der Waals surface area contributed by atoms with Crippen LogP contribution in [0.2, 0.25) is 0 Å². The second-order valence-electron chi connectivity index (χ2n) is 7.46. The Kier molecular flexibility index (Phi) is 7.47. The van der Waals surface area contributed by atoms with Gasteiger partial charge in [0.15, 0.2) is 13.6 Å². The van der Waals surface area contributed by atoms with Crippen molar-refractivity contribution in [1.82, 2.24) is 0 Å². The van der Waals surface area contributed by atoms with Crippen molar-refractivity contribution >= 4 is 34.1 Å². The van der Waals surface area contributed by atoms with Crippen molar-refractivity contribution in [3.8, 4) is 22.6 Å². The van der Waals surface area contributed by atoms with Gasteiger partial charge in [-0.3, -0.25) is 0 Å². The molecule has 0 unspecified atom stereocenters. The van der Waals surface area contributed by atoms with Crippen molar-refractivity contribution in [1.29, 1.82) is 0 Å². The Morgan fingerprint density at radius 2 is 1.24 bits per heavy atom. The Balaban J connectivity index is 2.15. The SMILES string of the molecule is COCOc1ccc2ccccc2c1-c1c(OCOC)c(B(OC)OC)cc2ccccc12. The highest BCUT2D eigenvalue weighted by atomic mass is 16.7. The quantitative estimate of drug-likeness (QED) is 0.262. The summed E-state index contributed by atoms with van der Waals surface area (Å²) in [5.74, 6) is 1.30. The lowest BCUT2D eigenvalue weighted by Crippen LogP contribution is -2.36. The number of benzene rings is 4. The summed E-state index contributed by atoms with van der Waals surface area (Å²) in [6.07, 6.45) is 0. The average molecular weight is 446 g/mol. The molecule has 0 spiro atoms. The summed E-state index contributed by atoms with van der Waals surface area (Å²) in [6.45, 7) is 0.188. The van der Waals surface area contributed by atoms with Gasteiger partial charge in [0, 0.05) is 45.0 Å². The highest BCUT2D eigenvalue weighted by Gasteiger charge is 2.29. The third-order valence-electron chi connectivity index (χ3n) is 5.51. The van der Waals surface area contributed by atoms with Crippen molar-refractivity contribution in [2.75, 3.05) is 42.0 Å². The molecule has 0 aliphatic heterocycles. The second-order valence-corrected chi connectivity index (χ2v) is 7.46. The summed E-state index contributed by atoms with van der Waals surface area (Å²) in [5.41, 5.74) is 2.54. The van der Waals surface area contributed by atoms with Crippen LogP contribution >= 0.6 is 0 Å². The van der Waals surface area contributed by atoms with Gasteiger partial charge in [0.25, 0.3) is 0 Å². The van der Waals surface area contributed by atoms with Crippen LogP contribution in [0, 0.1) is 0 Å². The van der Waals surface area contributed by atoms with E-state index < -0.39 is 7.12 Å². The average Bonchev–Trinajstić information content (AvgIpc) is 2.86. The normalized spacial score (nSPS) is 11.2. The van der Waals surface area contributed by atoms with Gasteiger partial charge in [0.2, 0.25) is 0 Å². The lowest BCUT2D eigenvalue weighted by Gasteiger charge is -2.23. The first-order chi connectivity index (χ1) is 16.2. The van der Waals surface area contributed by atoms with Crippen molar-refractivity contribution in [2.24, 2.45) is 0 Å². The van der Waals surface area contributed by atoms with Crippen LogP contribution in [0.5, 0.6) is 11.5 Å². The molecule has 0 fully saturated rings. The number of ether oxygens (including phenoxy) is 4. The molecule has 170 valence electrons. The van der Waals surface area contributed by atoms with Crippen molar-refractivity contribution < 1.29 is 28.3 Å². The first-order valence-corrected chi connectivity index (χ1v) is 10.6. The van der Waals surface area contributed by atoms with E-state index in [-0.39, 0.29) is 13.6 Å². The molecule has 0 aliphatic rings. The van der Waals surface area contributed by atoms with Gasteiger partial charge in [0.1, 0.15) is 11.5 Å². The molecule has 0 saturated carbocycles. The van der Waals surface area contributed by atoms with Gasteiger partial charge in [-0.25, -0.2) is 0 Å². The standard InChI is InChI=1S/C26H27BO6/c1-28-16-32-23-14-13-18-9-5-7-11-20(18)24(23)25-21-12-8-6-10-19(21)15-22(27(30-3)31-4)26(25)33-17-29-2/h5-15H,16-17H2,1-4H3. The van der Waals surface area contributed by atoms with Gasteiger partial charge in [-0.15, -0.1) is 0 Å². The summed E-state index contributed by atoms with van der Waals surface area (Å²) in [5, 5.41) is 4.15. The van der Waals surface area contributed by atoms with Crippen molar-refractivity contribution in [3.05, 3.63) is 66.7 Å². The van der Waals surface area contributed by atoms with E-state index in [2.05, 4.69) is 24.3 Å². The first kappa shape index (κ1) is 23.1. The molecule has 7 heteroatoms. The molecule has 0 atom stereocenters. The van der Waals surface area contributed by atoms with Gasteiger partial charge in [-0.2, -0.15) is 0 Å². The molecule has 0 saturated heterocycles. The van der Waals surface area contributed by atoms with E-state index in [0.717, 1.165) is 38.1 Å².